The van der Waals surface area contributed by atoms with Crippen molar-refractivity contribution in [2.24, 2.45) is 0 Å². The third kappa shape index (κ3) is 54.9. The van der Waals surface area contributed by atoms with Crippen LogP contribution in [-0.4, -0.2) is 37.2 Å². The highest BCUT2D eigenvalue weighted by atomic mass is 16.6. The Balaban J connectivity index is 4.53. The molecule has 0 spiro atoms. The molecule has 0 saturated heterocycles. The standard InChI is InChI=1S/C63H104O6/c1-4-7-10-13-16-19-22-25-28-31-34-37-40-43-46-49-52-55-61(64)67-58-60(69-63(66)57-54-51-48-45-42-39-36-33-30-27-24-21-18-15-12-9-6-3)59-68-62(65)56-53-50-47-44-41-38-35-32-29-26-23-20-17-14-11-8-5-2/h16-21,25-30,34-39,60H,4-15,22-24,31-33,40-59H2,1-3H3/b19-16-,20-17-,21-18-,28-25-,29-26-,30-27-,37-34-,38-35-,39-36-. The molecule has 0 aliphatic rings. The van der Waals surface area contributed by atoms with E-state index in [-0.39, 0.29) is 37.5 Å². The lowest BCUT2D eigenvalue weighted by molar-refractivity contribution is -0.167. The summed E-state index contributed by atoms with van der Waals surface area (Å²) in [6.07, 6.45) is 76.4. The van der Waals surface area contributed by atoms with Crippen LogP contribution < -0.4 is 0 Å². The third-order valence-electron chi connectivity index (χ3n) is 11.7. The molecule has 69 heavy (non-hydrogen) atoms. The highest BCUT2D eigenvalue weighted by molar-refractivity contribution is 5.71. The molecule has 0 fully saturated rings. The van der Waals surface area contributed by atoms with Gasteiger partial charge in [-0.2, -0.15) is 0 Å². The molecule has 0 bridgehead atoms. The van der Waals surface area contributed by atoms with Crippen molar-refractivity contribution in [3.8, 4) is 0 Å². The minimum Gasteiger partial charge on any atom is -0.462 e. The molecule has 392 valence electrons. The molecule has 0 aliphatic carbocycles. The zero-order valence-corrected chi connectivity index (χ0v) is 44.8. The van der Waals surface area contributed by atoms with E-state index in [0.717, 1.165) is 135 Å². The van der Waals surface area contributed by atoms with Crippen LogP contribution in [0.15, 0.2) is 109 Å². The zero-order chi connectivity index (χ0) is 50.0. The van der Waals surface area contributed by atoms with Crippen molar-refractivity contribution in [3.05, 3.63) is 109 Å². The molecule has 0 rings (SSSR count). The lowest BCUT2D eigenvalue weighted by Crippen LogP contribution is -2.30. The van der Waals surface area contributed by atoms with Gasteiger partial charge >= 0.3 is 17.9 Å². The summed E-state index contributed by atoms with van der Waals surface area (Å²) in [5.41, 5.74) is 0. The molecular formula is C63H104O6. The van der Waals surface area contributed by atoms with Crippen molar-refractivity contribution >= 4 is 17.9 Å². The molecule has 0 atom stereocenters. The maximum Gasteiger partial charge on any atom is 0.306 e. The van der Waals surface area contributed by atoms with Gasteiger partial charge in [-0.05, 0) is 135 Å². The first-order valence-corrected chi connectivity index (χ1v) is 28.4. The van der Waals surface area contributed by atoms with Gasteiger partial charge in [-0.25, -0.2) is 0 Å². The van der Waals surface area contributed by atoms with Crippen LogP contribution >= 0.6 is 0 Å². The largest absolute Gasteiger partial charge is 0.462 e. The Bertz CT molecular complexity index is 1350. The summed E-state index contributed by atoms with van der Waals surface area (Å²) in [5.74, 6) is -0.972. The van der Waals surface area contributed by atoms with Gasteiger partial charge in [-0.15, -0.1) is 0 Å². The second-order valence-corrected chi connectivity index (χ2v) is 18.5. The van der Waals surface area contributed by atoms with Crippen molar-refractivity contribution in [1.82, 2.24) is 0 Å². The van der Waals surface area contributed by atoms with E-state index in [4.69, 9.17) is 14.2 Å². The Morgan fingerprint density at radius 3 is 0.797 bits per heavy atom. The fourth-order valence-electron chi connectivity index (χ4n) is 7.40. The highest BCUT2D eigenvalue weighted by Gasteiger charge is 2.19. The number of hydrogen-bond acceptors (Lipinski definition) is 6. The van der Waals surface area contributed by atoms with Crippen LogP contribution in [0.5, 0.6) is 0 Å². The van der Waals surface area contributed by atoms with Crippen molar-refractivity contribution in [1.29, 1.82) is 0 Å². The van der Waals surface area contributed by atoms with Crippen LogP contribution in [-0.2, 0) is 28.6 Å². The fourth-order valence-corrected chi connectivity index (χ4v) is 7.40. The molecular weight excluding hydrogens is 853 g/mol. The topological polar surface area (TPSA) is 78.9 Å². The lowest BCUT2D eigenvalue weighted by Gasteiger charge is -2.18. The van der Waals surface area contributed by atoms with Crippen LogP contribution in [0.1, 0.15) is 252 Å². The SMILES string of the molecule is CCCCC/C=C\C/C=C\C/C=C\CCCCCCC(=O)OCC(COC(=O)CCCCCC/C=C\C/C=C\C/C=C\CCCCC)OC(=O)CCCCCC/C=C\C/C=C\C/C=C\CCCCC. The molecule has 0 aromatic rings. The van der Waals surface area contributed by atoms with Crippen LogP contribution in [0.3, 0.4) is 0 Å². The van der Waals surface area contributed by atoms with E-state index in [1.165, 1.54) is 77.0 Å². The summed E-state index contributed by atoms with van der Waals surface area (Å²) in [7, 11) is 0. The van der Waals surface area contributed by atoms with Crippen LogP contribution in [0.4, 0.5) is 0 Å². The fraction of sp³-hybridized carbons (Fsp3) is 0.667. The molecule has 0 unspecified atom stereocenters. The molecule has 0 aromatic carbocycles. The average molecular weight is 958 g/mol. The predicted molar refractivity (Wildman–Crippen MR) is 297 cm³/mol. The van der Waals surface area contributed by atoms with Gasteiger partial charge in [0.1, 0.15) is 13.2 Å². The lowest BCUT2D eigenvalue weighted by atomic mass is 10.1. The number of carbonyl (C=O) groups is 3. The van der Waals surface area contributed by atoms with Gasteiger partial charge in [-0.1, -0.05) is 207 Å². The Morgan fingerprint density at radius 1 is 0.290 bits per heavy atom. The van der Waals surface area contributed by atoms with Crippen molar-refractivity contribution < 1.29 is 28.6 Å². The van der Waals surface area contributed by atoms with E-state index in [1.54, 1.807) is 0 Å². The Labute approximate surface area is 425 Å². The highest BCUT2D eigenvalue weighted by Crippen LogP contribution is 2.13. The van der Waals surface area contributed by atoms with E-state index in [1.807, 2.05) is 0 Å². The Morgan fingerprint density at radius 2 is 0.522 bits per heavy atom. The number of allylic oxidation sites excluding steroid dienone is 18. The maximum atomic E-state index is 12.8. The summed E-state index contributed by atoms with van der Waals surface area (Å²) in [5, 5.41) is 0. The summed E-state index contributed by atoms with van der Waals surface area (Å²) in [6.45, 7) is 6.50. The first-order chi connectivity index (χ1) is 34.0. The van der Waals surface area contributed by atoms with Gasteiger partial charge < -0.3 is 14.2 Å². The van der Waals surface area contributed by atoms with Crippen molar-refractivity contribution in [2.75, 3.05) is 13.2 Å². The number of unbranched alkanes of at least 4 members (excludes halogenated alkanes) is 21. The zero-order valence-electron chi connectivity index (χ0n) is 44.8. The summed E-state index contributed by atoms with van der Waals surface area (Å²) in [4.78, 5) is 38.1. The van der Waals surface area contributed by atoms with E-state index < -0.39 is 6.10 Å². The van der Waals surface area contributed by atoms with Crippen molar-refractivity contribution in [3.63, 3.8) is 0 Å². The first-order valence-electron chi connectivity index (χ1n) is 28.4. The molecule has 0 radical (unpaired) electrons. The van der Waals surface area contributed by atoms with E-state index >= 15 is 0 Å². The molecule has 0 heterocycles. The summed E-state index contributed by atoms with van der Waals surface area (Å²) < 4.78 is 16.8. The monoisotopic (exact) mass is 957 g/mol. The molecule has 0 saturated carbocycles. The third-order valence-corrected chi connectivity index (χ3v) is 11.7. The molecule has 0 amide bonds. The second kappa shape index (κ2) is 56.7. The van der Waals surface area contributed by atoms with E-state index in [9.17, 15) is 14.4 Å². The molecule has 6 nitrogen and oxygen atoms in total. The number of hydrogen-bond donors (Lipinski definition) is 0. The summed E-state index contributed by atoms with van der Waals surface area (Å²) in [6, 6.07) is 0. The number of esters is 3. The normalized spacial score (nSPS) is 12.5. The number of ether oxygens (including phenoxy) is 3. The minimum absolute atomic E-state index is 0.108. The van der Waals surface area contributed by atoms with E-state index in [0.29, 0.717) is 12.8 Å². The maximum absolute atomic E-state index is 12.8. The number of carbonyl (C=O) groups excluding carboxylic acids is 3. The molecule has 0 aromatic heterocycles. The second-order valence-electron chi connectivity index (χ2n) is 18.5. The number of rotatable bonds is 50. The minimum atomic E-state index is -0.811. The van der Waals surface area contributed by atoms with Crippen LogP contribution in [0.2, 0.25) is 0 Å². The van der Waals surface area contributed by atoms with E-state index in [2.05, 4.69) is 130 Å². The van der Waals surface area contributed by atoms with Crippen LogP contribution in [0.25, 0.3) is 0 Å². The van der Waals surface area contributed by atoms with Crippen molar-refractivity contribution in [2.45, 2.75) is 258 Å². The smallest absolute Gasteiger partial charge is 0.306 e. The molecule has 6 heteroatoms. The Kier molecular flexibility index (Phi) is 53.4. The van der Waals surface area contributed by atoms with Gasteiger partial charge in [0.15, 0.2) is 6.10 Å². The molecule has 0 aliphatic heterocycles. The van der Waals surface area contributed by atoms with Gasteiger partial charge in [-0.3, -0.25) is 14.4 Å². The van der Waals surface area contributed by atoms with Gasteiger partial charge in [0, 0.05) is 19.3 Å². The molecule has 0 N–H and O–H groups in total. The first kappa shape index (κ1) is 65.1. The van der Waals surface area contributed by atoms with Gasteiger partial charge in [0.2, 0.25) is 0 Å². The Hall–Kier alpha value is -3.93. The van der Waals surface area contributed by atoms with Gasteiger partial charge in [0.05, 0.1) is 0 Å². The van der Waals surface area contributed by atoms with Gasteiger partial charge in [0.25, 0.3) is 0 Å². The van der Waals surface area contributed by atoms with Crippen LogP contribution in [0, 0.1) is 0 Å². The predicted octanol–water partition coefficient (Wildman–Crippen LogP) is 19.1. The average Bonchev–Trinajstić information content (AvgIpc) is 3.35. The quantitative estimate of drug-likeness (QED) is 0.0262. The summed E-state index contributed by atoms with van der Waals surface area (Å²) >= 11 is 0.